The third-order valence-corrected chi connectivity index (χ3v) is 2.14. The molecule has 0 saturated carbocycles. The number of hydrogen-bond donors (Lipinski definition) is 2. The molecule has 0 fully saturated rings. The Labute approximate surface area is 69.2 Å². The number of rotatable bonds is 7. The van der Waals surface area contributed by atoms with Crippen LogP contribution in [0.2, 0.25) is 0 Å². The van der Waals surface area contributed by atoms with Crippen LogP contribution < -0.4 is 0 Å². The first-order valence-electron chi connectivity index (χ1n) is 4.56. The summed E-state index contributed by atoms with van der Waals surface area (Å²) in [6, 6.07) is 0. The van der Waals surface area contributed by atoms with Crippen LogP contribution in [0.5, 0.6) is 0 Å². The molecule has 0 aliphatic heterocycles. The Morgan fingerprint density at radius 1 is 1.00 bits per heavy atom. The van der Waals surface area contributed by atoms with Gasteiger partial charge in [0.15, 0.2) is 0 Å². The molecule has 68 valence electrons. The van der Waals surface area contributed by atoms with E-state index in [-0.39, 0.29) is 0 Å². The average Bonchev–Trinajstić information content (AvgIpc) is 2.03. The highest BCUT2D eigenvalue weighted by Crippen LogP contribution is 2.15. The van der Waals surface area contributed by atoms with E-state index in [0.717, 1.165) is 32.1 Å². The van der Waals surface area contributed by atoms with Crippen molar-refractivity contribution >= 4 is 0 Å². The van der Waals surface area contributed by atoms with E-state index in [1.807, 2.05) is 0 Å². The fourth-order valence-corrected chi connectivity index (χ4v) is 1.28. The van der Waals surface area contributed by atoms with Crippen molar-refractivity contribution in [1.82, 2.24) is 0 Å². The molecule has 0 rings (SSSR count). The van der Waals surface area contributed by atoms with E-state index in [1.165, 1.54) is 0 Å². The largest absolute Gasteiger partial charge is 0.396 e. The maximum atomic E-state index is 8.67. The van der Waals surface area contributed by atoms with Gasteiger partial charge in [-0.2, -0.15) is 0 Å². The average molecular weight is 160 g/mol. The monoisotopic (exact) mass is 160 g/mol. The van der Waals surface area contributed by atoms with E-state index in [9.17, 15) is 0 Å². The van der Waals surface area contributed by atoms with Crippen molar-refractivity contribution < 1.29 is 10.2 Å². The minimum absolute atomic E-state index is 0.301. The van der Waals surface area contributed by atoms with E-state index >= 15 is 0 Å². The molecule has 2 N–H and O–H groups in total. The van der Waals surface area contributed by atoms with E-state index in [4.69, 9.17) is 10.2 Å². The lowest BCUT2D eigenvalue weighted by Gasteiger charge is -2.11. The summed E-state index contributed by atoms with van der Waals surface area (Å²) in [5, 5.41) is 17.2. The second kappa shape index (κ2) is 8.02. The summed E-state index contributed by atoms with van der Waals surface area (Å²) in [4.78, 5) is 0. The molecular weight excluding hydrogens is 140 g/mol. The topological polar surface area (TPSA) is 40.5 Å². The third-order valence-electron chi connectivity index (χ3n) is 2.14. The van der Waals surface area contributed by atoms with Crippen molar-refractivity contribution in [2.75, 3.05) is 13.2 Å². The molecule has 1 unspecified atom stereocenters. The molecule has 2 heteroatoms. The van der Waals surface area contributed by atoms with Crippen LogP contribution in [0.25, 0.3) is 0 Å². The summed E-state index contributed by atoms with van der Waals surface area (Å²) in [5.74, 6) is 0.659. The van der Waals surface area contributed by atoms with E-state index in [0.29, 0.717) is 19.1 Å². The van der Waals surface area contributed by atoms with E-state index in [1.54, 1.807) is 0 Å². The summed E-state index contributed by atoms with van der Waals surface area (Å²) in [7, 11) is 0. The van der Waals surface area contributed by atoms with Gasteiger partial charge < -0.3 is 10.2 Å². The smallest absolute Gasteiger partial charge is 0.0433 e. The van der Waals surface area contributed by atoms with Gasteiger partial charge in [0, 0.05) is 13.2 Å². The van der Waals surface area contributed by atoms with Crippen LogP contribution in [0.4, 0.5) is 0 Å². The Hall–Kier alpha value is -0.0800. The number of aliphatic hydroxyl groups is 2. The molecule has 0 aliphatic carbocycles. The fourth-order valence-electron chi connectivity index (χ4n) is 1.28. The fraction of sp³-hybridized carbons (Fsp3) is 1.00. The van der Waals surface area contributed by atoms with Crippen molar-refractivity contribution in [1.29, 1.82) is 0 Å². The Balaban J connectivity index is 3.20. The second-order valence-corrected chi connectivity index (χ2v) is 3.01. The number of aliphatic hydroxyl groups excluding tert-OH is 2. The standard InChI is InChI=1S/C9H20O2/c1-2-9(6-8-11)5-3-4-7-10/h9-11H,2-8H2,1H3. The highest BCUT2D eigenvalue weighted by atomic mass is 16.3. The zero-order valence-corrected chi connectivity index (χ0v) is 7.42. The minimum Gasteiger partial charge on any atom is -0.396 e. The van der Waals surface area contributed by atoms with Crippen LogP contribution in [0.3, 0.4) is 0 Å². The molecule has 0 aromatic carbocycles. The third kappa shape index (κ3) is 6.32. The van der Waals surface area contributed by atoms with Crippen LogP contribution in [0, 0.1) is 5.92 Å². The van der Waals surface area contributed by atoms with Gasteiger partial charge in [-0.1, -0.05) is 26.2 Å². The summed E-state index contributed by atoms with van der Waals surface area (Å²) in [6.45, 7) is 2.76. The molecule has 0 bridgehead atoms. The van der Waals surface area contributed by atoms with Gasteiger partial charge in [-0.3, -0.25) is 0 Å². The lowest BCUT2D eigenvalue weighted by atomic mass is 9.96. The molecular formula is C9H20O2. The van der Waals surface area contributed by atoms with Gasteiger partial charge in [0.2, 0.25) is 0 Å². The molecule has 0 spiro atoms. The Bertz CT molecular complexity index is 74.0. The SMILES string of the molecule is CCC(CCO)CCCCO. The van der Waals surface area contributed by atoms with Gasteiger partial charge in [0.1, 0.15) is 0 Å². The molecule has 0 aromatic rings. The molecule has 0 heterocycles. The molecule has 11 heavy (non-hydrogen) atoms. The minimum atomic E-state index is 0.301. The number of hydrogen-bond acceptors (Lipinski definition) is 2. The quantitative estimate of drug-likeness (QED) is 0.555. The molecule has 0 aliphatic rings. The Morgan fingerprint density at radius 3 is 2.18 bits per heavy atom. The zero-order valence-electron chi connectivity index (χ0n) is 7.42. The van der Waals surface area contributed by atoms with Gasteiger partial charge >= 0.3 is 0 Å². The molecule has 0 saturated heterocycles. The summed E-state index contributed by atoms with van der Waals surface area (Å²) in [6.07, 6.45) is 5.21. The maximum absolute atomic E-state index is 8.67. The van der Waals surface area contributed by atoms with Gasteiger partial charge in [0.05, 0.1) is 0 Å². The second-order valence-electron chi connectivity index (χ2n) is 3.01. The summed E-state index contributed by atoms with van der Waals surface area (Å²) >= 11 is 0. The van der Waals surface area contributed by atoms with Gasteiger partial charge in [-0.05, 0) is 18.8 Å². The van der Waals surface area contributed by atoms with Gasteiger partial charge in [-0.15, -0.1) is 0 Å². The van der Waals surface area contributed by atoms with Crippen molar-refractivity contribution in [3.05, 3.63) is 0 Å². The van der Waals surface area contributed by atoms with Crippen molar-refractivity contribution in [3.63, 3.8) is 0 Å². The van der Waals surface area contributed by atoms with Crippen molar-refractivity contribution in [2.45, 2.75) is 39.0 Å². The lowest BCUT2D eigenvalue weighted by molar-refractivity contribution is 0.239. The molecule has 0 radical (unpaired) electrons. The van der Waals surface area contributed by atoms with Crippen LogP contribution in [0.15, 0.2) is 0 Å². The van der Waals surface area contributed by atoms with Crippen LogP contribution >= 0.6 is 0 Å². The molecule has 1 atom stereocenters. The van der Waals surface area contributed by atoms with Crippen molar-refractivity contribution in [3.8, 4) is 0 Å². The zero-order chi connectivity index (χ0) is 8.53. The molecule has 0 aromatic heterocycles. The van der Waals surface area contributed by atoms with Crippen LogP contribution in [-0.4, -0.2) is 23.4 Å². The Morgan fingerprint density at radius 2 is 1.73 bits per heavy atom. The van der Waals surface area contributed by atoms with Crippen LogP contribution in [0.1, 0.15) is 39.0 Å². The molecule has 0 amide bonds. The normalized spacial score (nSPS) is 13.4. The lowest BCUT2D eigenvalue weighted by Crippen LogP contribution is -2.02. The summed E-state index contributed by atoms with van der Waals surface area (Å²) < 4.78 is 0. The highest BCUT2D eigenvalue weighted by molar-refractivity contribution is 4.56. The first-order valence-corrected chi connectivity index (χ1v) is 4.56. The predicted octanol–water partition coefficient (Wildman–Crippen LogP) is 1.56. The highest BCUT2D eigenvalue weighted by Gasteiger charge is 2.03. The first-order chi connectivity index (χ1) is 5.35. The molecule has 2 nitrogen and oxygen atoms in total. The van der Waals surface area contributed by atoms with Crippen molar-refractivity contribution in [2.24, 2.45) is 5.92 Å². The summed E-state index contributed by atoms with van der Waals surface area (Å²) in [5.41, 5.74) is 0. The number of unbranched alkanes of at least 4 members (excludes halogenated alkanes) is 1. The maximum Gasteiger partial charge on any atom is 0.0433 e. The van der Waals surface area contributed by atoms with Gasteiger partial charge in [0.25, 0.3) is 0 Å². The van der Waals surface area contributed by atoms with Gasteiger partial charge in [-0.25, -0.2) is 0 Å². The van der Waals surface area contributed by atoms with E-state index in [2.05, 4.69) is 6.92 Å². The predicted molar refractivity (Wildman–Crippen MR) is 46.4 cm³/mol. The Kier molecular flexibility index (Phi) is 7.96. The first kappa shape index (κ1) is 10.9. The van der Waals surface area contributed by atoms with E-state index < -0.39 is 0 Å². The van der Waals surface area contributed by atoms with Crippen LogP contribution in [-0.2, 0) is 0 Å².